The van der Waals surface area contributed by atoms with Gasteiger partial charge in [0.05, 0.1) is 19.2 Å². The number of fused-ring (bicyclic) bond motifs is 2. The molecule has 35 heavy (non-hydrogen) atoms. The fourth-order valence-corrected chi connectivity index (χ4v) is 4.94. The molecule has 1 amide bonds. The molecule has 0 bridgehead atoms. The molecule has 1 saturated heterocycles. The van der Waals surface area contributed by atoms with E-state index in [1.165, 1.54) is 28.8 Å². The summed E-state index contributed by atoms with van der Waals surface area (Å²) in [6.07, 6.45) is 3.38. The van der Waals surface area contributed by atoms with Crippen LogP contribution in [0.2, 0.25) is 0 Å². The Balaban J connectivity index is 1.46. The van der Waals surface area contributed by atoms with Crippen LogP contribution < -0.4 is 5.43 Å². The lowest BCUT2D eigenvalue weighted by Crippen LogP contribution is -2.55. The highest BCUT2D eigenvalue weighted by molar-refractivity contribution is 7.14. The number of pyridine rings is 1. The Morgan fingerprint density at radius 2 is 2.14 bits per heavy atom. The monoisotopic (exact) mass is 500 g/mol. The van der Waals surface area contributed by atoms with Gasteiger partial charge in [-0.2, -0.15) is 0 Å². The molecule has 0 aliphatic carbocycles. The van der Waals surface area contributed by atoms with E-state index in [-0.39, 0.29) is 34.8 Å². The summed E-state index contributed by atoms with van der Waals surface area (Å²) in [4.78, 5) is 27.4. The number of carbonyl (C=O) groups excluding carboxylic acids is 1. The molecular weight excluding hydrogens is 482 g/mol. The number of aromatic hydroxyl groups is 1. The van der Waals surface area contributed by atoms with Gasteiger partial charge in [0.1, 0.15) is 28.9 Å². The molecule has 1 N–H and O–H groups in total. The van der Waals surface area contributed by atoms with Gasteiger partial charge in [0.2, 0.25) is 5.43 Å². The van der Waals surface area contributed by atoms with Gasteiger partial charge < -0.3 is 24.0 Å². The Kier molecular flexibility index (Phi) is 5.96. The minimum absolute atomic E-state index is 0.0439. The minimum atomic E-state index is -0.763. The number of hydrogen-bond acceptors (Lipinski definition) is 8. The van der Waals surface area contributed by atoms with Crippen LogP contribution in [-0.4, -0.2) is 56.7 Å². The van der Waals surface area contributed by atoms with Gasteiger partial charge in [-0.05, 0) is 17.6 Å². The standard InChI is InChI=1S/C23H18F2N4O5S/c1-33-7-5-14-4-6-29-18(34-14)11-28-10-15(20(30)21(31)19(28)23(29)32)22-27-26-17(35-22)8-12-2-3-13(24)9-16(12)25/h2-3,9-10,14,18,31H,4,6,8,11H2,1H3/t14?,18-/m1/s1. The van der Waals surface area contributed by atoms with Crippen molar-refractivity contribution >= 4 is 17.2 Å². The lowest BCUT2D eigenvalue weighted by atomic mass is 10.1. The molecule has 1 fully saturated rings. The average molecular weight is 500 g/mol. The zero-order valence-corrected chi connectivity index (χ0v) is 19.1. The van der Waals surface area contributed by atoms with E-state index in [0.717, 1.165) is 23.5 Å². The number of benzene rings is 1. The second-order valence-electron chi connectivity index (χ2n) is 7.95. The second kappa shape index (κ2) is 9.09. The van der Waals surface area contributed by atoms with Crippen LogP contribution >= 0.6 is 11.3 Å². The number of hydrogen-bond donors (Lipinski definition) is 1. The van der Waals surface area contributed by atoms with E-state index < -0.39 is 41.1 Å². The molecule has 5 rings (SSSR count). The predicted octanol–water partition coefficient (Wildman–Crippen LogP) is 2.12. The fraction of sp³-hybridized carbons (Fsp3) is 0.304. The minimum Gasteiger partial charge on any atom is -0.503 e. The van der Waals surface area contributed by atoms with Crippen molar-refractivity contribution in [3.05, 3.63) is 62.5 Å². The van der Waals surface area contributed by atoms with Gasteiger partial charge in [0.25, 0.3) is 5.91 Å². The van der Waals surface area contributed by atoms with Crippen LogP contribution in [0.25, 0.3) is 10.6 Å². The molecule has 1 unspecified atom stereocenters. The van der Waals surface area contributed by atoms with Gasteiger partial charge >= 0.3 is 0 Å². The molecule has 2 aromatic heterocycles. The van der Waals surface area contributed by atoms with E-state index in [1.54, 1.807) is 0 Å². The largest absolute Gasteiger partial charge is 0.503 e. The molecule has 2 aliphatic heterocycles. The van der Waals surface area contributed by atoms with E-state index in [1.807, 2.05) is 0 Å². The highest BCUT2D eigenvalue weighted by atomic mass is 32.1. The van der Waals surface area contributed by atoms with E-state index >= 15 is 0 Å². The van der Waals surface area contributed by atoms with E-state index in [2.05, 4.69) is 22.2 Å². The zero-order valence-electron chi connectivity index (χ0n) is 18.3. The van der Waals surface area contributed by atoms with Gasteiger partial charge in [-0.15, -0.1) is 10.2 Å². The van der Waals surface area contributed by atoms with E-state index in [0.29, 0.717) is 18.0 Å². The van der Waals surface area contributed by atoms with Crippen molar-refractivity contribution in [1.82, 2.24) is 19.7 Å². The Hall–Kier alpha value is -3.82. The molecule has 180 valence electrons. The number of aromatic nitrogens is 3. The maximum Gasteiger partial charge on any atom is 0.276 e. The fourth-order valence-electron chi connectivity index (χ4n) is 4.07. The van der Waals surface area contributed by atoms with Crippen LogP contribution in [0.4, 0.5) is 8.78 Å². The van der Waals surface area contributed by atoms with E-state index in [9.17, 15) is 23.5 Å². The van der Waals surface area contributed by atoms with Gasteiger partial charge in [0.15, 0.2) is 22.7 Å². The number of rotatable bonds is 3. The van der Waals surface area contributed by atoms with E-state index in [4.69, 9.17) is 9.47 Å². The third-order valence-corrected chi connectivity index (χ3v) is 6.71. The lowest BCUT2D eigenvalue weighted by Gasteiger charge is -2.42. The number of halogens is 2. The maximum absolute atomic E-state index is 14.0. The second-order valence-corrected chi connectivity index (χ2v) is 9.01. The Bertz CT molecular complexity index is 1440. The molecule has 0 spiro atoms. The number of carbonyl (C=O) groups is 1. The van der Waals surface area contributed by atoms with Crippen LogP contribution in [0.1, 0.15) is 27.5 Å². The highest BCUT2D eigenvalue weighted by Crippen LogP contribution is 2.31. The van der Waals surface area contributed by atoms with Gasteiger partial charge in [-0.3, -0.25) is 9.59 Å². The molecular formula is C23H18F2N4O5S. The van der Waals surface area contributed by atoms with Crippen LogP contribution in [-0.2, 0) is 22.4 Å². The molecule has 9 nitrogen and oxygen atoms in total. The molecule has 12 heteroatoms. The summed E-state index contributed by atoms with van der Waals surface area (Å²) in [7, 11) is 1.44. The Labute approximate surface area is 201 Å². The first-order valence-electron chi connectivity index (χ1n) is 10.6. The quantitative estimate of drug-likeness (QED) is 0.549. The van der Waals surface area contributed by atoms with Crippen molar-refractivity contribution in [2.75, 3.05) is 13.7 Å². The molecule has 0 radical (unpaired) electrons. The summed E-state index contributed by atoms with van der Waals surface area (Å²) < 4.78 is 39.3. The van der Waals surface area contributed by atoms with Gasteiger partial charge in [0, 0.05) is 31.6 Å². The Morgan fingerprint density at radius 3 is 2.91 bits per heavy atom. The zero-order chi connectivity index (χ0) is 24.7. The van der Waals surface area contributed by atoms with Crippen LogP contribution in [0.3, 0.4) is 0 Å². The lowest BCUT2D eigenvalue weighted by molar-refractivity contribution is -0.115. The number of methoxy groups -OCH3 is 1. The van der Waals surface area contributed by atoms with Crippen molar-refractivity contribution in [2.24, 2.45) is 0 Å². The summed E-state index contributed by atoms with van der Waals surface area (Å²) in [5.74, 6) is 0.219. The van der Waals surface area contributed by atoms with Crippen molar-refractivity contribution in [3.63, 3.8) is 0 Å². The summed E-state index contributed by atoms with van der Waals surface area (Å²) in [6.45, 7) is 0.515. The van der Waals surface area contributed by atoms with Crippen LogP contribution in [0, 0.1) is 23.7 Å². The first-order chi connectivity index (χ1) is 16.9. The first-order valence-corrected chi connectivity index (χ1v) is 11.4. The summed E-state index contributed by atoms with van der Waals surface area (Å²) in [6, 6.07) is 3.24. The normalized spacial score (nSPS) is 18.9. The third kappa shape index (κ3) is 4.24. The predicted molar refractivity (Wildman–Crippen MR) is 120 cm³/mol. The van der Waals surface area contributed by atoms with Crippen molar-refractivity contribution < 1.29 is 28.2 Å². The molecule has 0 saturated carbocycles. The maximum atomic E-state index is 14.0. The smallest absolute Gasteiger partial charge is 0.276 e. The number of nitrogens with zero attached hydrogens (tertiary/aromatic N) is 4. The van der Waals surface area contributed by atoms with Crippen molar-refractivity contribution in [2.45, 2.75) is 31.7 Å². The third-order valence-electron chi connectivity index (χ3n) is 5.75. The Morgan fingerprint density at radius 1 is 1.31 bits per heavy atom. The molecule has 4 heterocycles. The van der Waals surface area contributed by atoms with Crippen LogP contribution in [0.5, 0.6) is 5.75 Å². The highest BCUT2D eigenvalue weighted by Gasteiger charge is 2.40. The number of ether oxygens (including phenoxy) is 2. The number of amides is 1. The van der Waals surface area contributed by atoms with Crippen molar-refractivity contribution in [1.29, 1.82) is 0 Å². The van der Waals surface area contributed by atoms with Crippen LogP contribution in [0.15, 0.2) is 29.2 Å². The molecule has 3 aromatic rings. The topological polar surface area (TPSA) is 107 Å². The van der Waals surface area contributed by atoms with Crippen molar-refractivity contribution in [3.8, 4) is 28.3 Å². The molecule has 2 aliphatic rings. The first kappa shape index (κ1) is 22.9. The molecule has 1 aromatic carbocycles. The molecule has 2 atom stereocenters. The summed E-state index contributed by atoms with van der Waals surface area (Å²) >= 11 is 1.03. The SMILES string of the molecule is COC#CC1CCN2C(=O)c3c(O)c(=O)c(-c4nnc(Cc5ccc(F)cc5F)s4)cn3C[C@H]2O1. The average Bonchev–Trinajstić information content (AvgIpc) is 3.30. The summed E-state index contributed by atoms with van der Waals surface area (Å²) in [5.41, 5.74) is -0.619. The summed E-state index contributed by atoms with van der Waals surface area (Å²) in [5, 5.41) is 19.2. The van der Waals surface area contributed by atoms with Gasteiger partial charge in [-0.1, -0.05) is 17.4 Å². The van der Waals surface area contributed by atoms with Gasteiger partial charge in [-0.25, -0.2) is 8.78 Å².